The van der Waals surface area contributed by atoms with Crippen LogP contribution in [-0.2, 0) is 6.54 Å². The highest BCUT2D eigenvalue weighted by molar-refractivity contribution is 9.11. The van der Waals surface area contributed by atoms with Gasteiger partial charge in [0.1, 0.15) is 0 Å². The quantitative estimate of drug-likeness (QED) is 0.904. The van der Waals surface area contributed by atoms with Gasteiger partial charge in [-0.15, -0.1) is 0 Å². The second-order valence-corrected chi connectivity index (χ2v) is 5.11. The van der Waals surface area contributed by atoms with Crippen molar-refractivity contribution in [2.24, 2.45) is 0 Å². The predicted octanol–water partition coefficient (Wildman–Crippen LogP) is 4.22. The second-order valence-electron chi connectivity index (χ2n) is 3.34. The van der Waals surface area contributed by atoms with E-state index in [-0.39, 0.29) is 0 Å². The van der Waals surface area contributed by atoms with Crippen LogP contribution in [0.2, 0.25) is 0 Å². The zero-order valence-corrected chi connectivity index (χ0v) is 11.6. The Morgan fingerprint density at radius 1 is 1.19 bits per heavy atom. The van der Waals surface area contributed by atoms with Crippen molar-refractivity contribution in [2.75, 3.05) is 5.32 Å². The summed E-state index contributed by atoms with van der Waals surface area (Å²) in [6.45, 7) is 0.767. The lowest BCUT2D eigenvalue weighted by Gasteiger charge is -2.08. The molecule has 0 saturated carbocycles. The summed E-state index contributed by atoms with van der Waals surface area (Å²) in [5, 5.41) is 3.35. The minimum atomic E-state index is 0.767. The molecular formula is C12H10Br2N2. The van der Waals surface area contributed by atoms with E-state index in [1.165, 1.54) is 0 Å². The number of rotatable bonds is 3. The molecule has 82 valence electrons. The molecule has 2 rings (SSSR count). The monoisotopic (exact) mass is 340 g/mol. The van der Waals surface area contributed by atoms with Crippen LogP contribution in [0.4, 0.5) is 5.69 Å². The van der Waals surface area contributed by atoms with Crippen molar-refractivity contribution in [2.45, 2.75) is 6.54 Å². The molecule has 1 aromatic heterocycles. The first-order valence-electron chi connectivity index (χ1n) is 4.83. The van der Waals surface area contributed by atoms with Gasteiger partial charge >= 0.3 is 0 Å². The standard InChI is InChI=1S/C12H10Br2N2/c13-10-3-4-11(14)12(6-10)16-8-9-2-1-5-15-7-9/h1-7,16H,8H2. The van der Waals surface area contributed by atoms with E-state index in [2.05, 4.69) is 42.2 Å². The number of nitrogens with zero attached hydrogens (tertiary/aromatic N) is 1. The van der Waals surface area contributed by atoms with Crippen LogP contribution < -0.4 is 5.32 Å². The van der Waals surface area contributed by atoms with Crippen molar-refractivity contribution in [1.29, 1.82) is 0 Å². The number of pyridine rings is 1. The first-order valence-corrected chi connectivity index (χ1v) is 6.42. The summed E-state index contributed by atoms with van der Waals surface area (Å²) >= 11 is 6.95. The number of anilines is 1. The highest BCUT2D eigenvalue weighted by Crippen LogP contribution is 2.26. The highest BCUT2D eigenvalue weighted by Gasteiger charge is 2.00. The molecule has 0 amide bonds. The van der Waals surface area contributed by atoms with Crippen LogP contribution in [-0.4, -0.2) is 4.98 Å². The largest absolute Gasteiger partial charge is 0.380 e. The van der Waals surface area contributed by atoms with E-state index in [4.69, 9.17) is 0 Å². The third-order valence-corrected chi connectivity index (χ3v) is 3.32. The van der Waals surface area contributed by atoms with Crippen molar-refractivity contribution in [3.05, 3.63) is 57.2 Å². The fraction of sp³-hybridized carbons (Fsp3) is 0.0833. The smallest absolute Gasteiger partial charge is 0.0498 e. The Morgan fingerprint density at radius 3 is 2.81 bits per heavy atom. The van der Waals surface area contributed by atoms with Crippen LogP contribution >= 0.6 is 31.9 Å². The lowest BCUT2D eigenvalue weighted by molar-refractivity contribution is 1.11. The van der Waals surface area contributed by atoms with Gasteiger partial charge in [-0.3, -0.25) is 4.98 Å². The number of benzene rings is 1. The molecule has 0 unspecified atom stereocenters. The zero-order chi connectivity index (χ0) is 11.4. The van der Waals surface area contributed by atoms with E-state index in [0.717, 1.165) is 26.7 Å². The molecule has 0 atom stereocenters. The summed E-state index contributed by atoms with van der Waals surface area (Å²) in [6, 6.07) is 10.0. The molecule has 0 fully saturated rings. The van der Waals surface area contributed by atoms with Gasteiger partial charge in [0.25, 0.3) is 0 Å². The Labute approximate surface area is 111 Å². The lowest BCUT2D eigenvalue weighted by Crippen LogP contribution is -2.00. The average Bonchev–Trinajstić information content (AvgIpc) is 2.32. The number of halogens is 2. The molecule has 16 heavy (non-hydrogen) atoms. The van der Waals surface area contributed by atoms with Crippen molar-refractivity contribution in [1.82, 2.24) is 4.98 Å². The summed E-state index contributed by atoms with van der Waals surface area (Å²) in [6.07, 6.45) is 3.64. The Kier molecular flexibility index (Phi) is 3.96. The van der Waals surface area contributed by atoms with Gasteiger partial charge in [-0.2, -0.15) is 0 Å². The van der Waals surface area contributed by atoms with Crippen LogP contribution in [0.15, 0.2) is 51.7 Å². The van der Waals surface area contributed by atoms with Gasteiger partial charge in [0.05, 0.1) is 0 Å². The molecule has 1 N–H and O–H groups in total. The fourth-order valence-corrected chi connectivity index (χ4v) is 2.08. The minimum Gasteiger partial charge on any atom is -0.380 e. The normalized spacial score (nSPS) is 10.1. The third kappa shape index (κ3) is 3.06. The molecule has 0 aliphatic heterocycles. The van der Waals surface area contributed by atoms with Gasteiger partial charge in [-0.25, -0.2) is 0 Å². The van der Waals surface area contributed by atoms with Gasteiger partial charge in [0.15, 0.2) is 0 Å². The third-order valence-electron chi connectivity index (χ3n) is 2.13. The molecule has 0 radical (unpaired) electrons. The minimum absolute atomic E-state index is 0.767. The first-order chi connectivity index (χ1) is 7.75. The summed E-state index contributed by atoms with van der Waals surface area (Å²) in [4.78, 5) is 4.08. The summed E-state index contributed by atoms with van der Waals surface area (Å²) in [7, 11) is 0. The average molecular weight is 342 g/mol. The van der Waals surface area contributed by atoms with Crippen LogP contribution in [0, 0.1) is 0 Å². The molecule has 2 aromatic rings. The molecule has 1 heterocycles. The molecule has 0 aliphatic carbocycles. The van der Waals surface area contributed by atoms with Gasteiger partial charge in [0, 0.05) is 33.6 Å². The predicted molar refractivity (Wildman–Crippen MR) is 73.4 cm³/mol. The van der Waals surface area contributed by atoms with E-state index < -0.39 is 0 Å². The van der Waals surface area contributed by atoms with Crippen molar-refractivity contribution in [3.8, 4) is 0 Å². The van der Waals surface area contributed by atoms with E-state index in [1.807, 2.05) is 36.5 Å². The maximum Gasteiger partial charge on any atom is 0.0498 e. The maximum atomic E-state index is 4.08. The van der Waals surface area contributed by atoms with Crippen LogP contribution in [0.5, 0.6) is 0 Å². The lowest BCUT2D eigenvalue weighted by atomic mass is 10.2. The zero-order valence-electron chi connectivity index (χ0n) is 8.45. The number of aromatic nitrogens is 1. The molecule has 1 aromatic carbocycles. The van der Waals surface area contributed by atoms with Gasteiger partial charge in [-0.05, 0) is 45.8 Å². The van der Waals surface area contributed by atoms with Crippen LogP contribution in [0.1, 0.15) is 5.56 Å². The van der Waals surface area contributed by atoms with Crippen LogP contribution in [0.3, 0.4) is 0 Å². The first kappa shape index (κ1) is 11.6. The number of hydrogen-bond donors (Lipinski definition) is 1. The van der Waals surface area contributed by atoms with Crippen molar-refractivity contribution < 1.29 is 0 Å². The maximum absolute atomic E-state index is 4.08. The van der Waals surface area contributed by atoms with Crippen molar-refractivity contribution >= 4 is 37.5 Å². The fourth-order valence-electron chi connectivity index (χ4n) is 1.33. The number of nitrogens with one attached hydrogen (secondary N) is 1. The number of hydrogen-bond acceptors (Lipinski definition) is 2. The SMILES string of the molecule is Brc1ccc(Br)c(NCc2cccnc2)c1. The molecule has 0 spiro atoms. The topological polar surface area (TPSA) is 24.9 Å². The molecule has 4 heteroatoms. The summed E-state index contributed by atoms with van der Waals surface area (Å²) in [5.74, 6) is 0. The van der Waals surface area contributed by atoms with Crippen LogP contribution in [0.25, 0.3) is 0 Å². The Hall–Kier alpha value is -0.870. The Balaban J connectivity index is 2.08. The van der Waals surface area contributed by atoms with E-state index in [0.29, 0.717) is 0 Å². The van der Waals surface area contributed by atoms with Crippen molar-refractivity contribution in [3.63, 3.8) is 0 Å². The molecule has 0 bridgehead atoms. The van der Waals surface area contributed by atoms with Gasteiger partial charge < -0.3 is 5.32 Å². The molecule has 0 aliphatic rings. The molecule has 2 nitrogen and oxygen atoms in total. The summed E-state index contributed by atoms with van der Waals surface area (Å²) in [5.41, 5.74) is 2.23. The van der Waals surface area contributed by atoms with E-state index in [1.54, 1.807) is 6.20 Å². The van der Waals surface area contributed by atoms with E-state index in [9.17, 15) is 0 Å². The van der Waals surface area contributed by atoms with Gasteiger partial charge in [-0.1, -0.05) is 22.0 Å². The second kappa shape index (κ2) is 5.46. The highest BCUT2D eigenvalue weighted by atomic mass is 79.9. The van der Waals surface area contributed by atoms with E-state index >= 15 is 0 Å². The Morgan fingerprint density at radius 2 is 2.06 bits per heavy atom. The molecule has 0 saturated heterocycles. The summed E-state index contributed by atoms with van der Waals surface area (Å²) < 4.78 is 2.11. The Bertz CT molecular complexity index is 472. The van der Waals surface area contributed by atoms with Gasteiger partial charge in [0.2, 0.25) is 0 Å². The molecular weight excluding hydrogens is 332 g/mol.